The van der Waals surface area contributed by atoms with Gasteiger partial charge < -0.3 is 9.47 Å². The first-order valence-electron chi connectivity index (χ1n) is 7.99. The van der Waals surface area contributed by atoms with Gasteiger partial charge in [0.25, 0.3) is 0 Å². The van der Waals surface area contributed by atoms with Crippen molar-refractivity contribution in [2.24, 2.45) is 0 Å². The van der Waals surface area contributed by atoms with Crippen molar-refractivity contribution in [3.05, 3.63) is 65.7 Å². The summed E-state index contributed by atoms with van der Waals surface area (Å²) >= 11 is 7.68. The van der Waals surface area contributed by atoms with Gasteiger partial charge in [0.1, 0.15) is 12.4 Å². The second-order valence-electron chi connectivity index (χ2n) is 5.26. The first-order valence-corrected chi connectivity index (χ1v) is 9.18. The molecule has 0 radical (unpaired) electrons. The Morgan fingerprint density at radius 1 is 1.35 bits per heavy atom. The second kappa shape index (κ2) is 9.91. The van der Waals surface area contributed by atoms with Gasteiger partial charge in [-0.05, 0) is 48.9 Å². The van der Waals surface area contributed by atoms with Crippen LogP contribution in [0.15, 0.2) is 64.9 Å². The Balaban J connectivity index is 2.02. The van der Waals surface area contributed by atoms with Crippen molar-refractivity contribution in [3.63, 3.8) is 0 Å². The van der Waals surface area contributed by atoms with Crippen LogP contribution < -0.4 is 4.74 Å². The van der Waals surface area contributed by atoms with Crippen molar-refractivity contribution >= 4 is 29.3 Å². The molecule has 0 N–H and O–H groups in total. The number of hydrogen-bond acceptors (Lipinski definition) is 5. The summed E-state index contributed by atoms with van der Waals surface area (Å²) < 4.78 is 10.7. The van der Waals surface area contributed by atoms with E-state index in [1.54, 1.807) is 24.3 Å². The molecule has 2 aromatic rings. The van der Waals surface area contributed by atoms with Crippen molar-refractivity contribution in [3.8, 4) is 11.8 Å². The summed E-state index contributed by atoms with van der Waals surface area (Å²) in [4.78, 5) is 13.7. The average Bonchev–Trinajstić information content (AvgIpc) is 2.66. The minimum absolute atomic E-state index is 0.166. The lowest BCUT2D eigenvalue weighted by molar-refractivity contribution is -0.150. The van der Waals surface area contributed by atoms with Crippen LogP contribution in [0, 0.1) is 11.3 Å². The van der Waals surface area contributed by atoms with Gasteiger partial charge in [-0.1, -0.05) is 42.9 Å². The number of nitrogens with zero attached hydrogens (tertiary/aromatic N) is 1. The first kappa shape index (κ1) is 19.9. The number of carbonyl (C=O) groups is 1. The van der Waals surface area contributed by atoms with E-state index in [1.807, 2.05) is 25.1 Å². The third-order valence-corrected chi connectivity index (χ3v) is 4.88. The molecule has 4 nitrogen and oxygen atoms in total. The highest BCUT2D eigenvalue weighted by molar-refractivity contribution is 7.99. The van der Waals surface area contributed by atoms with Crippen LogP contribution in [0.3, 0.4) is 0 Å². The Bertz CT molecular complexity index is 815. The quantitative estimate of drug-likeness (QED) is 0.457. The fraction of sp³-hybridized carbons (Fsp3) is 0.200. The summed E-state index contributed by atoms with van der Waals surface area (Å²) in [7, 11) is 0. The topological polar surface area (TPSA) is 59.3 Å². The Labute approximate surface area is 162 Å². The molecule has 0 aliphatic carbocycles. The van der Waals surface area contributed by atoms with E-state index in [-0.39, 0.29) is 6.61 Å². The second-order valence-corrected chi connectivity index (χ2v) is 6.79. The van der Waals surface area contributed by atoms with Gasteiger partial charge in [-0.15, -0.1) is 0 Å². The van der Waals surface area contributed by atoms with Crippen LogP contribution in [0.5, 0.6) is 5.75 Å². The molecule has 0 amide bonds. The molecule has 26 heavy (non-hydrogen) atoms. The summed E-state index contributed by atoms with van der Waals surface area (Å²) in [5.41, 5.74) is 0.525. The predicted octanol–water partition coefficient (Wildman–Crippen LogP) is 5.25. The first-order chi connectivity index (χ1) is 12.6. The SMILES string of the molecule is C=CCOC(=O)C(CC)Oc1ccc(Sc2ccc(C#N)cc2Cl)cc1. The highest BCUT2D eigenvalue weighted by Gasteiger charge is 2.19. The van der Waals surface area contributed by atoms with Crippen LogP contribution in [0.25, 0.3) is 0 Å². The van der Waals surface area contributed by atoms with Gasteiger partial charge in [0.05, 0.1) is 16.7 Å². The molecule has 0 heterocycles. The van der Waals surface area contributed by atoms with Crippen LogP contribution >= 0.6 is 23.4 Å². The summed E-state index contributed by atoms with van der Waals surface area (Å²) in [6.07, 6.45) is 1.37. The predicted molar refractivity (Wildman–Crippen MR) is 103 cm³/mol. The standard InChI is InChI=1S/C20H18ClNO3S/c1-3-11-24-20(23)18(4-2)25-15-6-8-16(9-7-15)26-19-10-5-14(13-22)12-17(19)21/h3,5-10,12,18H,1,4,11H2,2H3. The van der Waals surface area contributed by atoms with Crippen molar-refractivity contribution < 1.29 is 14.3 Å². The summed E-state index contributed by atoms with van der Waals surface area (Å²) in [6, 6.07) is 14.6. The minimum Gasteiger partial charge on any atom is -0.479 e. The molecule has 0 aromatic heterocycles. The molecular formula is C20H18ClNO3S. The zero-order chi connectivity index (χ0) is 18.9. The number of rotatable bonds is 8. The number of halogens is 1. The van der Waals surface area contributed by atoms with Gasteiger partial charge in [0.2, 0.25) is 0 Å². The van der Waals surface area contributed by atoms with Gasteiger partial charge in [0.15, 0.2) is 6.10 Å². The van der Waals surface area contributed by atoms with Gasteiger partial charge in [-0.25, -0.2) is 4.79 Å². The molecule has 2 rings (SSSR count). The maximum absolute atomic E-state index is 11.9. The van der Waals surface area contributed by atoms with Crippen LogP contribution in [0.4, 0.5) is 0 Å². The molecule has 0 aliphatic rings. The van der Waals surface area contributed by atoms with E-state index in [2.05, 4.69) is 12.6 Å². The van der Waals surface area contributed by atoms with Crippen LogP contribution in [0.1, 0.15) is 18.9 Å². The van der Waals surface area contributed by atoms with E-state index in [9.17, 15) is 4.79 Å². The Kier molecular flexibility index (Phi) is 7.58. The van der Waals surface area contributed by atoms with Crippen molar-refractivity contribution in [1.29, 1.82) is 5.26 Å². The van der Waals surface area contributed by atoms with E-state index in [4.69, 9.17) is 26.3 Å². The summed E-state index contributed by atoms with van der Waals surface area (Å²) in [5.74, 6) is 0.179. The van der Waals surface area contributed by atoms with Gasteiger partial charge >= 0.3 is 5.97 Å². The maximum Gasteiger partial charge on any atom is 0.347 e. The number of benzene rings is 2. The molecule has 134 valence electrons. The molecule has 0 saturated carbocycles. The lowest BCUT2D eigenvalue weighted by Crippen LogP contribution is -2.28. The zero-order valence-corrected chi connectivity index (χ0v) is 15.8. The fourth-order valence-corrected chi connectivity index (χ4v) is 3.18. The number of carbonyl (C=O) groups excluding carboxylic acids is 1. The molecule has 0 fully saturated rings. The largest absolute Gasteiger partial charge is 0.479 e. The Morgan fingerprint density at radius 3 is 2.65 bits per heavy atom. The molecule has 0 saturated heterocycles. The monoisotopic (exact) mass is 387 g/mol. The molecular weight excluding hydrogens is 370 g/mol. The van der Waals surface area contributed by atoms with E-state index in [1.165, 1.54) is 17.8 Å². The zero-order valence-electron chi connectivity index (χ0n) is 14.3. The molecule has 0 aliphatic heterocycles. The molecule has 6 heteroatoms. The molecule has 1 atom stereocenters. The number of ether oxygens (including phenoxy) is 2. The van der Waals surface area contributed by atoms with Gasteiger partial charge in [-0.2, -0.15) is 5.26 Å². The van der Waals surface area contributed by atoms with E-state index in [0.29, 0.717) is 22.8 Å². The van der Waals surface area contributed by atoms with Crippen LogP contribution in [-0.4, -0.2) is 18.7 Å². The lowest BCUT2D eigenvalue weighted by Gasteiger charge is -2.16. The maximum atomic E-state index is 11.9. The minimum atomic E-state index is -0.651. The smallest absolute Gasteiger partial charge is 0.347 e. The van der Waals surface area contributed by atoms with Gasteiger partial charge in [-0.3, -0.25) is 0 Å². The third-order valence-electron chi connectivity index (χ3n) is 3.37. The number of nitriles is 1. The van der Waals surface area contributed by atoms with Crippen LogP contribution in [0.2, 0.25) is 5.02 Å². The molecule has 1 unspecified atom stereocenters. The van der Waals surface area contributed by atoms with E-state index >= 15 is 0 Å². The average molecular weight is 388 g/mol. The Hall–Kier alpha value is -2.42. The van der Waals surface area contributed by atoms with Crippen LogP contribution in [-0.2, 0) is 9.53 Å². The highest BCUT2D eigenvalue weighted by atomic mass is 35.5. The molecule has 0 bridgehead atoms. The van der Waals surface area contributed by atoms with E-state index in [0.717, 1.165) is 9.79 Å². The molecule has 2 aromatic carbocycles. The Morgan fingerprint density at radius 2 is 2.08 bits per heavy atom. The third kappa shape index (κ3) is 5.55. The fourth-order valence-electron chi connectivity index (χ4n) is 2.06. The van der Waals surface area contributed by atoms with Crippen molar-refractivity contribution in [2.45, 2.75) is 29.2 Å². The van der Waals surface area contributed by atoms with Crippen molar-refractivity contribution in [1.82, 2.24) is 0 Å². The van der Waals surface area contributed by atoms with E-state index < -0.39 is 12.1 Å². The lowest BCUT2D eigenvalue weighted by atomic mass is 10.2. The highest BCUT2D eigenvalue weighted by Crippen LogP contribution is 2.34. The van der Waals surface area contributed by atoms with Crippen molar-refractivity contribution in [2.75, 3.05) is 6.61 Å². The number of esters is 1. The summed E-state index contributed by atoms with van der Waals surface area (Å²) in [6.45, 7) is 5.54. The summed E-state index contributed by atoms with van der Waals surface area (Å²) in [5, 5.41) is 9.42. The molecule has 0 spiro atoms. The normalized spacial score (nSPS) is 11.3. The van der Waals surface area contributed by atoms with Gasteiger partial charge in [0, 0.05) is 9.79 Å². The number of hydrogen-bond donors (Lipinski definition) is 0.